The van der Waals surface area contributed by atoms with Crippen molar-refractivity contribution in [3.63, 3.8) is 0 Å². The minimum absolute atomic E-state index is 0.0576. The van der Waals surface area contributed by atoms with Crippen LogP contribution in [0.15, 0.2) is 60.7 Å². The largest absolute Gasteiger partial charge is 0.371 e. The number of piperazine rings is 1. The van der Waals surface area contributed by atoms with Gasteiger partial charge in [0, 0.05) is 105 Å². The fourth-order valence-corrected chi connectivity index (χ4v) is 9.12. The molecule has 0 spiro atoms. The minimum atomic E-state index is -0.980. The number of benzene rings is 3. The maximum absolute atomic E-state index is 13.6. The highest BCUT2D eigenvalue weighted by Gasteiger charge is 2.45. The number of piperidine rings is 2. The van der Waals surface area contributed by atoms with Gasteiger partial charge in [-0.25, -0.2) is 4.85 Å². The molecule has 290 valence electrons. The number of nitrogens with zero attached hydrogens (tertiary/aromatic N) is 7. The lowest BCUT2D eigenvalue weighted by atomic mass is 10.0. The normalized spacial score (nSPS) is 22.6. The average Bonchev–Trinajstić information content (AvgIpc) is 3.32. The zero-order valence-electron chi connectivity index (χ0n) is 31.5. The fraction of sp³-hybridized carbons (Fsp3) is 0.429. The molecule has 4 saturated heterocycles. The zero-order chi connectivity index (χ0) is 39.1. The zero-order valence-corrected chi connectivity index (χ0v) is 32.2. The van der Waals surface area contributed by atoms with Crippen molar-refractivity contribution in [2.45, 2.75) is 57.2 Å². The molecule has 5 aliphatic heterocycles. The number of imide groups is 2. The highest BCUT2D eigenvalue weighted by Crippen LogP contribution is 2.34. The van der Waals surface area contributed by atoms with Gasteiger partial charge in [0.2, 0.25) is 17.5 Å². The van der Waals surface area contributed by atoms with Gasteiger partial charge in [-0.3, -0.25) is 39.1 Å². The third-order valence-electron chi connectivity index (χ3n) is 12.2. The third-order valence-corrected chi connectivity index (χ3v) is 12.5. The van der Waals surface area contributed by atoms with Crippen molar-refractivity contribution >= 4 is 63.9 Å². The Morgan fingerprint density at radius 3 is 2.09 bits per heavy atom. The number of carbonyl (C=O) groups excluding carboxylic acids is 5. The molecule has 0 saturated carbocycles. The van der Waals surface area contributed by atoms with Crippen molar-refractivity contribution in [2.75, 3.05) is 73.6 Å². The third kappa shape index (κ3) is 7.19. The highest BCUT2D eigenvalue weighted by atomic mass is 35.5. The molecule has 3 aromatic carbocycles. The first-order chi connectivity index (χ1) is 27.1. The molecule has 56 heavy (non-hydrogen) atoms. The number of halogens is 1. The number of anilines is 3. The van der Waals surface area contributed by atoms with Crippen LogP contribution < -0.4 is 20.0 Å². The molecule has 8 rings (SSSR count). The van der Waals surface area contributed by atoms with Gasteiger partial charge in [0.25, 0.3) is 17.7 Å². The topological polar surface area (TPSA) is 121 Å². The van der Waals surface area contributed by atoms with Crippen LogP contribution in [0.25, 0.3) is 4.85 Å². The molecule has 1 unspecified atom stereocenters. The van der Waals surface area contributed by atoms with Gasteiger partial charge in [-0.15, -0.1) is 0 Å². The molecule has 5 heterocycles. The van der Waals surface area contributed by atoms with Crippen molar-refractivity contribution in [1.29, 1.82) is 0 Å². The number of rotatable bonds is 6. The molecule has 0 bridgehead atoms. The van der Waals surface area contributed by atoms with E-state index in [4.69, 9.17) is 18.2 Å². The Morgan fingerprint density at radius 2 is 1.39 bits per heavy atom. The van der Waals surface area contributed by atoms with E-state index in [-0.39, 0.29) is 24.3 Å². The summed E-state index contributed by atoms with van der Waals surface area (Å²) in [5, 5.41) is 2.72. The summed E-state index contributed by atoms with van der Waals surface area (Å²) >= 11 is 6.35. The number of nitrogens with one attached hydrogen (secondary N) is 1. The maximum atomic E-state index is 13.6. The van der Waals surface area contributed by atoms with E-state index in [1.807, 2.05) is 35.2 Å². The van der Waals surface area contributed by atoms with Crippen LogP contribution in [0.2, 0.25) is 5.02 Å². The highest BCUT2D eigenvalue weighted by molar-refractivity contribution is 6.33. The van der Waals surface area contributed by atoms with E-state index in [9.17, 15) is 24.0 Å². The van der Waals surface area contributed by atoms with Crippen LogP contribution in [-0.2, 0) is 9.59 Å². The van der Waals surface area contributed by atoms with E-state index in [1.54, 1.807) is 18.2 Å². The quantitative estimate of drug-likeness (QED) is 0.278. The van der Waals surface area contributed by atoms with Crippen molar-refractivity contribution in [3.05, 3.63) is 93.8 Å². The number of carbonyl (C=O) groups is 5. The van der Waals surface area contributed by atoms with Gasteiger partial charge in [0.05, 0.1) is 17.7 Å². The van der Waals surface area contributed by atoms with Crippen molar-refractivity contribution in [3.8, 4) is 0 Å². The SMILES string of the molecule is [C-]#[N+]c1ccc(N2CCN(c3ccc(C(=O)N4CCN(C5CCN(c6ccc7c(c6)C(=O)N(C6CCC(=O)NC6=O)C7=O)CC5)CC4)cc3)CC[C@@H]2C)cc1Cl. The predicted molar refractivity (Wildman–Crippen MR) is 214 cm³/mol. The molecular weight excluding hydrogens is 732 g/mol. The fourth-order valence-electron chi connectivity index (χ4n) is 8.90. The Kier molecular flexibility index (Phi) is 10.4. The summed E-state index contributed by atoms with van der Waals surface area (Å²) in [7, 11) is 0. The van der Waals surface area contributed by atoms with E-state index in [2.05, 4.69) is 48.8 Å². The van der Waals surface area contributed by atoms with E-state index >= 15 is 0 Å². The van der Waals surface area contributed by atoms with Crippen LogP contribution in [0.4, 0.5) is 22.7 Å². The molecule has 4 fully saturated rings. The molecular formula is C42H45ClN8O5. The van der Waals surface area contributed by atoms with Crippen LogP contribution in [0.5, 0.6) is 0 Å². The monoisotopic (exact) mass is 776 g/mol. The second-order valence-electron chi connectivity index (χ2n) is 15.3. The van der Waals surface area contributed by atoms with Crippen LogP contribution >= 0.6 is 11.6 Å². The molecule has 0 radical (unpaired) electrons. The minimum Gasteiger partial charge on any atom is -0.371 e. The molecule has 5 amide bonds. The molecule has 3 aromatic rings. The second-order valence-corrected chi connectivity index (χ2v) is 15.7. The summed E-state index contributed by atoms with van der Waals surface area (Å²) < 4.78 is 0. The van der Waals surface area contributed by atoms with Gasteiger partial charge < -0.3 is 19.6 Å². The maximum Gasteiger partial charge on any atom is 0.262 e. The van der Waals surface area contributed by atoms with Crippen LogP contribution in [0, 0.1) is 6.57 Å². The summed E-state index contributed by atoms with van der Waals surface area (Å²) in [4.78, 5) is 80.0. The molecule has 2 atom stereocenters. The number of fused-ring (bicyclic) bond motifs is 1. The van der Waals surface area contributed by atoms with Gasteiger partial charge in [0.1, 0.15) is 6.04 Å². The lowest BCUT2D eigenvalue weighted by molar-refractivity contribution is -0.136. The van der Waals surface area contributed by atoms with Crippen LogP contribution in [-0.4, -0.2) is 121 Å². The summed E-state index contributed by atoms with van der Waals surface area (Å²) in [6.45, 7) is 16.6. The second kappa shape index (κ2) is 15.6. The van der Waals surface area contributed by atoms with E-state index in [1.165, 1.54) is 0 Å². The van der Waals surface area contributed by atoms with Crippen molar-refractivity contribution in [1.82, 2.24) is 20.0 Å². The van der Waals surface area contributed by atoms with Crippen molar-refractivity contribution in [2.24, 2.45) is 0 Å². The predicted octanol–water partition coefficient (Wildman–Crippen LogP) is 4.82. The summed E-state index contributed by atoms with van der Waals surface area (Å²) in [5.41, 5.74) is 4.75. The summed E-state index contributed by atoms with van der Waals surface area (Å²) in [5.74, 6) is -1.94. The Bertz CT molecular complexity index is 2100. The summed E-state index contributed by atoms with van der Waals surface area (Å²) in [6.07, 6.45) is 3.07. The van der Waals surface area contributed by atoms with Gasteiger partial charge >= 0.3 is 0 Å². The Hall–Kier alpha value is -5.45. The van der Waals surface area contributed by atoms with E-state index < -0.39 is 29.7 Å². The van der Waals surface area contributed by atoms with Gasteiger partial charge in [-0.1, -0.05) is 17.7 Å². The van der Waals surface area contributed by atoms with Gasteiger partial charge in [-0.05, 0) is 87.2 Å². The van der Waals surface area contributed by atoms with Gasteiger partial charge in [-0.2, -0.15) is 0 Å². The number of hydrogen-bond donors (Lipinski definition) is 1. The summed E-state index contributed by atoms with van der Waals surface area (Å²) in [6, 6.07) is 18.7. The molecule has 14 heteroatoms. The van der Waals surface area contributed by atoms with Crippen LogP contribution in [0.3, 0.4) is 0 Å². The Morgan fingerprint density at radius 1 is 0.732 bits per heavy atom. The number of amides is 5. The average molecular weight is 777 g/mol. The van der Waals surface area contributed by atoms with Gasteiger partial charge in [0.15, 0.2) is 0 Å². The van der Waals surface area contributed by atoms with Crippen LogP contribution in [0.1, 0.15) is 70.1 Å². The first-order valence-electron chi connectivity index (χ1n) is 19.5. The lowest BCUT2D eigenvalue weighted by Crippen LogP contribution is -2.54. The molecule has 1 N–H and O–H groups in total. The molecule has 0 aliphatic carbocycles. The van der Waals surface area contributed by atoms with Crippen molar-refractivity contribution < 1.29 is 24.0 Å². The lowest BCUT2D eigenvalue weighted by Gasteiger charge is -2.43. The smallest absolute Gasteiger partial charge is 0.262 e. The molecule has 5 aliphatic rings. The first kappa shape index (κ1) is 37.5. The van der Waals surface area contributed by atoms with E-state index in [0.29, 0.717) is 47.0 Å². The molecule has 0 aromatic heterocycles. The Labute approximate surface area is 331 Å². The molecule has 13 nitrogen and oxygen atoms in total. The number of hydrogen-bond acceptors (Lipinski definition) is 9. The Balaban J connectivity index is 0.813. The standard InChI is InChI=1S/C42H45ClN8O5/c1-27-13-16-47(23-24-50(27)32-8-10-36(44-2)35(43)26-32)29-5-3-28(4-6-29)40(54)49-21-19-48(20-22-49)30-14-17-46(18-15-30)31-7-9-33-34(25-31)42(56)51(41(33)55)37-11-12-38(52)45-39(37)53/h3-10,25-27,30,37H,11-24H2,1H3,(H,45,52,53)/t27-,37?/m0/s1. The first-order valence-corrected chi connectivity index (χ1v) is 19.9. The van der Waals surface area contributed by atoms with E-state index in [0.717, 1.165) is 87.0 Å².